The van der Waals surface area contributed by atoms with Gasteiger partial charge in [-0.25, -0.2) is 14.4 Å². The minimum absolute atomic E-state index is 0.148. The van der Waals surface area contributed by atoms with Crippen molar-refractivity contribution in [2.24, 2.45) is 5.73 Å². The smallest absolute Gasteiger partial charge is 0.249 e. The number of methoxy groups -OCH3 is 1. The number of pyridine rings is 1. The number of aromatic amines is 1. The van der Waals surface area contributed by atoms with Crippen LogP contribution in [0.2, 0.25) is 0 Å². The maximum absolute atomic E-state index is 15.7. The summed E-state index contributed by atoms with van der Waals surface area (Å²) in [5.74, 6) is -0.0268. The third kappa shape index (κ3) is 4.61. The van der Waals surface area contributed by atoms with E-state index in [-0.39, 0.29) is 5.75 Å². The molecule has 0 aliphatic rings. The van der Waals surface area contributed by atoms with Crippen LogP contribution in [0.4, 0.5) is 15.9 Å². The lowest BCUT2D eigenvalue weighted by Gasteiger charge is -2.21. The average molecular weight is 511 g/mol. The molecule has 0 aliphatic heterocycles. The Labute approximate surface area is 218 Å². The van der Waals surface area contributed by atoms with Crippen molar-refractivity contribution in [3.05, 3.63) is 101 Å². The SMILES string of the molecule is CCc1cc(OC)c(F)c(C(Nc2ccc3c(N)nccc3c2)c2nc(-c3ccccc3C(N)=O)c[nH]2)c1. The molecule has 0 saturated heterocycles. The number of halogens is 1. The Hall–Kier alpha value is -4.92. The molecular weight excluding hydrogens is 483 g/mol. The molecule has 0 bridgehead atoms. The highest BCUT2D eigenvalue weighted by molar-refractivity contribution is 5.99. The minimum atomic E-state index is -0.721. The number of primary amides is 1. The topological polar surface area (TPSA) is 132 Å². The predicted molar refractivity (Wildman–Crippen MR) is 146 cm³/mol. The number of benzene rings is 3. The highest BCUT2D eigenvalue weighted by atomic mass is 19.1. The molecule has 1 unspecified atom stereocenters. The normalized spacial score (nSPS) is 11.9. The molecule has 5 rings (SSSR count). The van der Waals surface area contributed by atoms with Crippen LogP contribution in [-0.2, 0) is 6.42 Å². The second-order valence-electron chi connectivity index (χ2n) is 8.85. The van der Waals surface area contributed by atoms with Crippen LogP contribution in [0, 0.1) is 5.82 Å². The van der Waals surface area contributed by atoms with Gasteiger partial charge in [-0.15, -0.1) is 0 Å². The van der Waals surface area contributed by atoms with E-state index in [1.54, 1.807) is 48.8 Å². The maximum atomic E-state index is 15.7. The highest BCUT2D eigenvalue weighted by Crippen LogP contribution is 2.35. The molecule has 2 heterocycles. The van der Waals surface area contributed by atoms with Crippen LogP contribution < -0.4 is 21.5 Å². The Morgan fingerprint density at radius 3 is 2.74 bits per heavy atom. The fourth-order valence-electron chi connectivity index (χ4n) is 4.54. The Balaban J connectivity index is 1.64. The molecular formula is C29H27FN6O2. The number of imidazole rings is 1. The second kappa shape index (κ2) is 10.2. The zero-order valence-corrected chi connectivity index (χ0v) is 21.0. The Bertz CT molecular complexity index is 1650. The van der Waals surface area contributed by atoms with E-state index < -0.39 is 17.8 Å². The molecule has 5 aromatic rings. The largest absolute Gasteiger partial charge is 0.494 e. The lowest BCUT2D eigenvalue weighted by atomic mass is 9.99. The van der Waals surface area contributed by atoms with Gasteiger partial charge in [-0.05, 0) is 53.8 Å². The molecule has 1 atom stereocenters. The molecule has 0 aliphatic carbocycles. The van der Waals surface area contributed by atoms with E-state index in [1.807, 2.05) is 31.2 Å². The number of hydrogen-bond donors (Lipinski definition) is 4. The zero-order chi connectivity index (χ0) is 26.8. The fraction of sp³-hybridized carbons (Fsp3) is 0.138. The van der Waals surface area contributed by atoms with E-state index in [4.69, 9.17) is 21.2 Å². The van der Waals surface area contributed by atoms with E-state index >= 15 is 4.39 Å². The monoisotopic (exact) mass is 510 g/mol. The van der Waals surface area contributed by atoms with Crippen LogP contribution in [0.3, 0.4) is 0 Å². The first-order chi connectivity index (χ1) is 18.4. The van der Waals surface area contributed by atoms with E-state index in [0.29, 0.717) is 40.4 Å². The standard InChI is InChI=1S/C29H27FN6O2/c1-3-16-12-22(25(30)24(13-16)38-2)26(35-18-8-9-19-17(14-18)10-11-33-27(19)31)29-34-15-23(36-29)20-6-4-5-7-21(20)28(32)37/h4-15,26,35H,3H2,1-2H3,(H2,31,33)(H2,32,37)(H,34,36). The summed E-state index contributed by atoms with van der Waals surface area (Å²) in [6.07, 6.45) is 4.01. The number of H-pyrrole nitrogens is 1. The van der Waals surface area contributed by atoms with Crippen molar-refractivity contribution in [1.29, 1.82) is 0 Å². The van der Waals surface area contributed by atoms with Gasteiger partial charge in [-0.1, -0.05) is 31.2 Å². The molecule has 192 valence electrons. The van der Waals surface area contributed by atoms with E-state index in [1.165, 1.54) is 7.11 Å². The summed E-state index contributed by atoms with van der Waals surface area (Å²) >= 11 is 0. The number of nitrogens with two attached hydrogens (primary N) is 2. The number of nitrogens with one attached hydrogen (secondary N) is 2. The molecule has 0 radical (unpaired) electrons. The first-order valence-corrected chi connectivity index (χ1v) is 12.1. The van der Waals surface area contributed by atoms with Crippen molar-refractivity contribution in [2.45, 2.75) is 19.4 Å². The molecule has 3 aromatic carbocycles. The maximum Gasteiger partial charge on any atom is 0.249 e. The molecule has 2 aromatic heterocycles. The van der Waals surface area contributed by atoms with E-state index in [0.717, 1.165) is 22.0 Å². The van der Waals surface area contributed by atoms with Crippen LogP contribution in [-0.4, -0.2) is 28.0 Å². The van der Waals surface area contributed by atoms with Gasteiger partial charge in [-0.2, -0.15) is 0 Å². The van der Waals surface area contributed by atoms with Gasteiger partial charge in [0.15, 0.2) is 11.6 Å². The van der Waals surface area contributed by atoms with Gasteiger partial charge < -0.3 is 26.5 Å². The summed E-state index contributed by atoms with van der Waals surface area (Å²) in [6.45, 7) is 1.99. The number of ether oxygens (including phenoxy) is 1. The zero-order valence-electron chi connectivity index (χ0n) is 21.0. The summed E-state index contributed by atoms with van der Waals surface area (Å²) in [7, 11) is 1.44. The fourth-order valence-corrected chi connectivity index (χ4v) is 4.54. The van der Waals surface area contributed by atoms with Crippen molar-refractivity contribution < 1.29 is 13.9 Å². The quantitative estimate of drug-likeness (QED) is 0.226. The van der Waals surface area contributed by atoms with Gasteiger partial charge >= 0.3 is 0 Å². The van der Waals surface area contributed by atoms with E-state index in [2.05, 4.69) is 15.3 Å². The van der Waals surface area contributed by atoms with Crippen LogP contribution in [0.25, 0.3) is 22.0 Å². The van der Waals surface area contributed by atoms with Gasteiger partial charge in [0.2, 0.25) is 5.91 Å². The van der Waals surface area contributed by atoms with Gasteiger partial charge in [0.05, 0.1) is 12.8 Å². The van der Waals surface area contributed by atoms with Gasteiger partial charge in [0, 0.05) is 40.2 Å². The first-order valence-electron chi connectivity index (χ1n) is 12.1. The summed E-state index contributed by atoms with van der Waals surface area (Å²) in [5.41, 5.74) is 15.0. The van der Waals surface area contributed by atoms with Crippen molar-refractivity contribution in [1.82, 2.24) is 15.0 Å². The predicted octanol–water partition coefficient (Wildman–Crippen LogP) is 5.22. The van der Waals surface area contributed by atoms with Crippen molar-refractivity contribution in [3.63, 3.8) is 0 Å². The molecule has 0 fully saturated rings. The number of fused-ring (bicyclic) bond motifs is 1. The summed E-state index contributed by atoms with van der Waals surface area (Å²) in [4.78, 5) is 24.1. The average Bonchev–Trinajstić information content (AvgIpc) is 3.42. The number of aromatic nitrogens is 3. The van der Waals surface area contributed by atoms with Crippen LogP contribution in [0.15, 0.2) is 73.1 Å². The Kier molecular flexibility index (Phi) is 6.66. The highest BCUT2D eigenvalue weighted by Gasteiger charge is 2.25. The lowest BCUT2D eigenvalue weighted by Crippen LogP contribution is -2.17. The minimum Gasteiger partial charge on any atom is -0.494 e. The molecule has 6 N–H and O–H groups in total. The molecule has 9 heteroatoms. The van der Waals surface area contributed by atoms with Crippen molar-refractivity contribution >= 4 is 28.2 Å². The van der Waals surface area contributed by atoms with Gasteiger partial charge in [-0.3, -0.25) is 4.79 Å². The van der Waals surface area contributed by atoms with Gasteiger partial charge in [0.25, 0.3) is 0 Å². The molecule has 38 heavy (non-hydrogen) atoms. The summed E-state index contributed by atoms with van der Waals surface area (Å²) < 4.78 is 21.1. The number of carbonyl (C=O) groups is 1. The number of hydrogen-bond acceptors (Lipinski definition) is 6. The van der Waals surface area contributed by atoms with Crippen LogP contribution in [0.5, 0.6) is 5.75 Å². The number of carbonyl (C=O) groups excluding carboxylic acids is 1. The van der Waals surface area contributed by atoms with E-state index in [9.17, 15) is 4.79 Å². The summed E-state index contributed by atoms with van der Waals surface area (Å²) in [6, 6.07) is 17.2. The molecule has 0 spiro atoms. The van der Waals surface area contributed by atoms with Crippen LogP contribution in [0.1, 0.15) is 40.3 Å². The number of rotatable bonds is 8. The Morgan fingerprint density at radius 1 is 1.16 bits per heavy atom. The first kappa shape index (κ1) is 24.8. The molecule has 1 amide bonds. The van der Waals surface area contributed by atoms with Gasteiger partial charge in [0.1, 0.15) is 17.7 Å². The van der Waals surface area contributed by atoms with Crippen molar-refractivity contribution in [3.8, 4) is 17.0 Å². The number of nitrogens with zero attached hydrogens (tertiary/aromatic N) is 2. The number of anilines is 2. The molecule has 0 saturated carbocycles. The van der Waals surface area contributed by atoms with Crippen LogP contribution >= 0.6 is 0 Å². The number of nitrogen functional groups attached to an aromatic ring is 1. The third-order valence-electron chi connectivity index (χ3n) is 6.51. The van der Waals surface area contributed by atoms with Crippen molar-refractivity contribution in [2.75, 3.05) is 18.2 Å². The Morgan fingerprint density at radius 2 is 1.97 bits per heavy atom. The second-order valence-corrected chi connectivity index (χ2v) is 8.85. The number of aryl methyl sites for hydroxylation is 1. The molecule has 8 nitrogen and oxygen atoms in total. The lowest BCUT2D eigenvalue weighted by molar-refractivity contribution is 0.100. The third-order valence-corrected chi connectivity index (χ3v) is 6.51. The summed E-state index contributed by atoms with van der Waals surface area (Å²) in [5, 5.41) is 5.13. The number of amides is 1.